The molecule has 0 aromatic heterocycles. The second kappa shape index (κ2) is 18.7. The predicted molar refractivity (Wildman–Crippen MR) is 95.4 cm³/mol. The highest BCUT2D eigenvalue weighted by Gasteiger charge is 1.80. The van der Waals surface area contributed by atoms with Crippen molar-refractivity contribution < 1.29 is 5.11 Å². The lowest BCUT2D eigenvalue weighted by Gasteiger charge is -1.89. The van der Waals surface area contributed by atoms with Crippen LogP contribution in [-0.4, -0.2) is 11.7 Å². The molecule has 0 fully saturated rings. The maximum atomic E-state index is 8.63. The summed E-state index contributed by atoms with van der Waals surface area (Å²) in [4.78, 5) is 0. The van der Waals surface area contributed by atoms with Gasteiger partial charge in [-0.25, -0.2) is 0 Å². The first-order chi connectivity index (χ1) is 10.4. The van der Waals surface area contributed by atoms with Gasteiger partial charge in [0.1, 0.15) is 0 Å². The van der Waals surface area contributed by atoms with Gasteiger partial charge in [0.05, 0.1) is 0 Å². The highest BCUT2D eigenvalue weighted by Crippen LogP contribution is 1.98. The molecular weight excluding hydrogens is 256 g/mol. The summed E-state index contributed by atoms with van der Waals surface area (Å²) < 4.78 is 0. The molecule has 0 aliphatic rings. The van der Waals surface area contributed by atoms with Crippen molar-refractivity contribution in [3.8, 4) is 0 Å². The number of allylic oxidation sites excluding steroid dienone is 10. The van der Waals surface area contributed by atoms with E-state index < -0.39 is 0 Å². The van der Waals surface area contributed by atoms with Crippen molar-refractivity contribution >= 4 is 0 Å². The lowest BCUT2D eigenvalue weighted by atomic mass is 10.2. The molecule has 0 unspecified atom stereocenters. The third kappa shape index (κ3) is 18.7. The average molecular weight is 288 g/mol. The molecule has 1 nitrogen and oxygen atoms in total. The molecule has 0 atom stereocenters. The van der Waals surface area contributed by atoms with Crippen LogP contribution in [0.3, 0.4) is 0 Å². The van der Waals surface area contributed by atoms with Gasteiger partial charge in [-0.3, -0.25) is 0 Å². The van der Waals surface area contributed by atoms with Crippen molar-refractivity contribution in [1.82, 2.24) is 0 Å². The largest absolute Gasteiger partial charge is 0.396 e. The van der Waals surface area contributed by atoms with E-state index in [1.807, 2.05) is 0 Å². The van der Waals surface area contributed by atoms with Gasteiger partial charge in [0.2, 0.25) is 0 Å². The molecule has 0 aliphatic heterocycles. The Morgan fingerprint density at radius 1 is 0.571 bits per heavy atom. The maximum absolute atomic E-state index is 8.63. The average Bonchev–Trinajstić information content (AvgIpc) is 2.50. The molecule has 21 heavy (non-hydrogen) atoms. The molecule has 118 valence electrons. The molecule has 0 saturated heterocycles. The van der Waals surface area contributed by atoms with Gasteiger partial charge in [0.25, 0.3) is 0 Å². The Kier molecular flexibility index (Phi) is 17.5. The Morgan fingerprint density at radius 2 is 1.00 bits per heavy atom. The Bertz CT molecular complexity index is 332. The van der Waals surface area contributed by atoms with Gasteiger partial charge in [-0.1, -0.05) is 67.7 Å². The molecule has 1 heteroatoms. The van der Waals surface area contributed by atoms with Gasteiger partial charge < -0.3 is 5.11 Å². The molecule has 0 heterocycles. The Balaban J connectivity index is 3.40. The zero-order valence-electron chi connectivity index (χ0n) is 13.6. The van der Waals surface area contributed by atoms with E-state index in [4.69, 9.17) is 5.11 Å². The van der Waals surface area contributed by atoms with Crippen LogP contribution in [0.1, 0.15) is 58.3 Å². The first-order valence-corrected chi connectivity index (χ1v) is 8.27. The third-order valence-electron chi connectivity index (χ3n) is 2.91. The van der Waals surface area contributed by atoms with Crippen molar-refractivity contribution in [2.24, 2.45) is 0 Å². The van der Waals surface area contributed by atoms with E-state index in [1.165, 1.54) is 0 Å². The van der Waals surface area contributed by atoms with Crippen molar-refractivity contribution in [3.05, 3.63) is 60.8 Å². The Hall–Kier alpha value is -1.34. The SMILES string of the molecule is CCC=CCC=CCC=CCC=CCCC=CCCCO. The van der Waals surface area contributed by atoms with Crippen LogP contribution in [0.2, 0.25) is 0 Å². The van der Waals surface area contributed by atoms with Gasteiger partial charge in [0.15, 0.2) is 0 Å². The van der Waals surface area contributed by atoms with Gasteiger partial charge in [0, 0.05) is 6.61 Å². The topological polar surface area (TPSA) is 20.2 Å². The van der Waals surface area contributed by atoms with E-state index in [0.29, 0.717) is 6.61 Å². The van der Waals surface area contributed by atoms with Gasteiger partial charge in [-0.2, -0.15) is 0 Å². The lowest BCUT2D eigenvalue weighted by molar-refractivity contribution is 0.289. The van der Waals surface area contributed by atoms with E-state index in [0.717, 1.165) is 51.4 Å². The summed E-state index contributed by atoms with van der Waals surface area (Å²) in [5, 5.41) is 8.63. The molecule has 0 aliphatic carbocycles. The van der Waals surface area contributed by atoms with Crippen molar-refractivity contribution in [2.45, 2.75) is 58.3 Å². The normalized spacial score (nSPS) is 13.0. The molecule has 0 aromatic carbocycles. The molecular formula is C20H32O. The predicted octanol–water partition coefficient (Wildman–Crippen LogP) is 5.90. The van der Waals surface area contributed by atoms with Gasteiger partial charge in [-0.05, 0) is 51.4 Å². The van der Waals surface area contributed by atoms with Gasteiger partial charge in [-0.15, -0.1) is 0 Å². The fourth-order valence-electron chi connectivity index (χ4n) is 1.73. The van der Waals surface area contributed by atoms with Crippen LogP contribution < -0.4 is 0 Å². The monoisotopic (exact) mass is 288 g/mol. The zero-order chi connectivity index (χ0) is 15.4. The number of aliphatic hydroxyl groups excluding tert-OH is 1. The molecule has 0 rings (SSSR count). The van der Waals surface area contributed by atoms with Crippen LogP contribution in [0.5, 0.6) is 0 Å². The van der Waals surface area contributed by atoms with E-state index >= 15 is 0 Å². The van der Waals surface area contributed by atoms with E-state index in [-0.39, 0.29) is 0 Å². The second-order valence-electron chi connectivity index (χ2n) is 4.92. The summed E-state index contributed by atoms with van der Waals surface area (Å²) in [6.07, 6.45) is 30.4. The molecule has 0 aromatic rings. The number of rotatable bonds is 13. The standard InChI is InChI=1S/C20H32O/c1-2-3-4-5-6-7-8-9-10-11-12-13-14-15-16-17-18-19-20-21/h3-4,6-7,9-10,12-13,16-17,21H,2,5,8,11,14-15,18-20H2,1H3. The first-order valence-electron chi connectivity index (χ1n) is 8.27. The number of aliphatic hydroxyl groups is 1. The number of unbranched alkanes of at least 4 members (excludes halogenated alkanes) is 2. The molecule has 0 amide bonds. The second-order valence-corrected chi connectivity index (χ2v) is 4.92. The van der Waals surface area contributed by atoms with Crippen LogP contribution in [-0.2, 0) is 0 Å². The Morgan fingerprint density at radius 3 is 1.52 bits per heavy atom. The van der Waals surface area contributed by atoms with Crippen molar-refractivity contribution in [3.63, 3.8) is 0 Å². The highest BCUT2D eigenvalue weighted by atomic mass is 16.2. The third-order valence-corrected chi connectivity index (χ3v) is 2.91. The van der Waals surface area contributed by atoms with Crippen LogP contribution in [0.15, 0.2) is 60.8 Å². The number of hydrogen-bond acceptors (Lipinski definition) is 1. The number of hydrogen-bond donors (Lipinski definition) is 1. The van der Waals surface area contributed by atoms with Crippen LogP contribution in [0.4, 0.5) is 0 Å². The minimum absolute atomic E-state index is 0.293. The van der Waals surface area contributed by atoms with Crippen LogP contribution in [0, 0.1) is 0 Å². The zero-order valence-corrected chi connectivity index (χ0v) is 13.6. The summed E-state index contributed by atoms with van der Waals surface area (Å²) in [7, 11) is 0. The quantitative estimate of drug-likeness (QED) is 0.330. The molecule has 0 bridgehead atoms. The summed E-state index contributed by atoms with van der Waals surface area (Å²) in [6.45, 7) is 2.45. The van der Waals surface area contributed by atoms with Crippen molar-refractivity contribution in [2.75, 3.05) is 6.61 Å². The molecule has 0 radical (unpaired) electrons. The minimum Gasteiger partial charge on any atom is -0.396 e. The molecule has 1 N–H and O–H groups in total. The fourth-order valence-corrected chi connectivity index (χ4v) is 1.73. The first kappa shape index (κ1) is 19.7. The van der Waals surface area contributed by atoms with E-state index in [2.05, 4.69) is 67.7 Å². The van der Waals surface area contributed by atoms with Crippen LogP contribution in [0.25, 0.3) is 0 Å². The van der Waals surface area contributed by atoms with E-state index in [9.17, 15) is 0 Å². The minimum atomic E-state index is 0.293. The highest BCUT2D eigenvalue weighted by molar-refractivity contribution is 4.99. The summed E-state index contributed by atoms with van der Waals surface area (Å²) >= 11 is 0. The smallest absolute Gasteiger partial charge is 0.0433 e. The summed E-state index contributed by atoms with van der Waals surface area (Å²) in [5.74, 6) is 0. The van der Waals surface area contributed by atoms with Crippen molar-refractivity contribution in [1.29, 1.82) is 0 Å². The summed E-state index contributed by atoms with van der Waals surface area (Å²) in [5.41, 5.74) is 0. The van der Waals surface area contributed by atoms with E-state index in [1.54, 1.807) is 0 Å². The van der Waals surface area contributed by atoms with Gasteiger partial charge >= 0.3 is 0 Å². The fraction of sp³-hybridized carbons (Fsp3) is 0.500. The summed E-state index contributed by atoms with van der Waals surface area (Å²) in [6, 6.07) is 0. The molecule has 0 spiro atoms. The molecule has 0 saturated carbocycles. The maximum Gasteiger partial charge on any atom is 0.0433 e. The Labute approximate surface area is 131 Å². The lowest BCUT2D eigenvalue weighted by Crippen LogP contribution is -1.78. The van der Waals surface area contributed by atoms with Crippen LogP contribution >= 0.6 is 0 Å².